The van der Waals surface area contributed by atoms with Crippen LogP contribution in [0.15, 0.2) is 22.6 Å². The van der Waals surface area contributed by atoms with Crippen molar-refractivity contribution in [2.24, 2.45) is 11.3 Å². The standard InChI is InChI=1S/C19H20F4N2O2/c1-11-14-7-13(20)4-5-15(14)27-16(11)8-24-17(26)25-9-12-3-2-6-18(12,10-25)19(21,22)23/h4-5,7,12H,2-3,6,8-10H2,1H3,(H,24,26)/t12-,18-/m0/s1. The summed E-state index contributed by atoms with van der Waals surface area (Å²) in [7, 11) is 0. The van der Waals surface area contributed by atoms with Crippen LogP contribution in [0.4, 0.5) is 22.4 Å². The number of halogens is 4. The molecule has 1 aromatic carbocycles. The van der Waals surface area contributed by atoms with Crippen LogP contribution in [0, 0.1) is 24.1 Å². The van der Waals surface area contributed by atoms with E-state index in [-0.39, 0.29) is 31.9 Å². The molecule has 2 heterocycles. The van der Waals surface area contributed by atoms with Gasteiger partial charge in [-0.2, -0.15) is 13.2 Å². The maximum Gasteiger partial charge on any atom is 0.396 e. The number of hydrogen-bond acceptors (Lipinski definition) is 2. The molecule has 4 nitrogen and oxygen atoms in total. The number of benzene rings is 1. The average molecular weight is 384 g/mol. The molecular formula is C19H20F4N2O2. The van der Waals surface area contributed by atoms with Gasteiger partial charge in [-0.3, -0.25) is 0 Å². The summed E-state index contributed by atoms with van der Waals surface area (Å²) in [5.74, 6) is -0.448. The number of urea groups is 1. The van der Waals surface area contributed by atoms with Gasteiger partial charge in [-0.05, 0) is 43.9 Å². The number of alkyl halides is 3. The second kappa shape index (κ2) is 6.14. The van der Waals surface area contributed by atoms with Gasteiger partial charge in [0.25, 0.3) is 0 Å². The molecule has 2 atom stereocenters. The minimum Gasteiger partial charge on any atom is -0.459 e. The van der Waals surface area contributed by atoms with Gasteiger partial charge in [0.15, 0.2) is 0 Å². The molecular weight excluding hydrogens is 364 g/mol. The summed E-state index contributed by atoms with van der Waals surface area (Å²) in [6.07, 6.45) is -3.17. The SMILES string of the molecule is Cc1c(CNC(=O)N2C[C@@H]3CCC[C@]3(C(F)(F)F)C2)oc2ccc(F)cc12. The van der Waals surface area contributed by atoms with Gasteiger partial charge < -0.3 is 14.6 Å². The molecule has 2 amide bonds. The molecule has 0 bridgehead atoms. The molecule has 2 aliphatic rings. The fraction of sp³-hybridized carbons (Fsp3) is 0.526. The van der Waals surface area contributed by atoms with Gasteiger partial charge in [-0.25, -0.2) is 9.18 Å². The highest BCUT2D eigenvalue weighted by Crippen LogP contribution is 2.57. The number of nitrogens with zero attached hydrogens (tertiary/aromatic N) is 1. The Labute approximate surface area is 153 Å². The van der Waals surface area contributed by atoms with Crippen molar-refractivity contribution in [3.63, 3.8) is 0 Å². The second-order valence-electron chi connectivity index (χ2n) is 7.57. The Morgan fingerprint density at radius 3 is 2.89 bits per heavy atom. The van der Waals surface area contributed by atoms with Gasteiger partial charge >= 0.3 is 12.2 Å². The van der Waals surface area contributed by atoms with Crippen molar-refractivity contribution >= 4 is 17.0 Å². The van der Waals surface area contributed by atoms with Gasteiger partial charge in [0.05, 0.1) is 12.0 Å². The molecule has 0 radical (unpaired) electrons. The highest BCUT2D eigenvalue weighted by Gasteiger charge is 2.65. The first-order valence-electron chi connectivity index (χ1n) is 8.98. The van der Waals surface area contributed by atoms with E-state index in [2.05, 4.69) is 5.32 Å². The lowest BCUT2D eigenvalue weighted by molar-refractivity contribution is -0.226. The van der Waals surface area contributed by atoms with E-state index >= 15 is 0 Å². The highest BCUT2D eigenvalue weighted by atomic mass is 19.4. The van der Waals surface area contributed by atoms with Crippen molar-refractivity contribution in [2.45, 2.75) is 38.9 Å². The predicted molar refractivity (Wildman–Crippen MR) is 90.5 cm³/mol. The summed E-state index contributed by atoms with van der Waals surface area (Å²) in [5, 5.41) is 3.26. The van der Waals surface area contributed by atoms with Crippen molar-refractivity contribution in [2.75, 3.05) is 13.1 Å². The predicted octanol–water partition coefficient (Wildman–Crippen LogP) is 4.75. The van der Waals surface area contributed by atoms with Crippen molar-refractivity contribution in [3.8, 4) is 0 Å². The normalized spacial score (nSPS) is 25.2. The molecule has 4 rings (SSSR count). The third-order valence-corrected chi connectivity index (χ3v) is 6.12. The fourth-order valence-electron chi connectivity index (χ4n) is 4.59. The number of rotatable bonds is 2. The van der Waals surface area contributed by atoms with E-state index in [1.807, 2.05) is 0 Å². The van der Waals surface area contributed by atoms with Crippen molar-refractivity contribution in [3.05, 3.63) is 35.3 Å². The zero-order valence-electron chi connectivity index (χ0n) is 14.8. The summed E-state index contributed by atoms with van der Waals surface area (Å²) in [4.78, 5) is 13.7. The first-order chi connectivity index (χ1) is 12.7. The number of hydrogen-bond donors (Lipinski definition) is 1. The van der Waals surface area contributed by atoms with Crippen LogP contribution in [0.25, 0.3) is 11.0 Å². The summed E-state index contributed by atoms with van der Waals surface area (Å²) < 4.78 is 59.8. The third kappa shape index (κ3) is 2.85. The summed E-state index contributed by atoms with van der Waals surface area (Å²) in [6.45, 7) is 1.62. The van der Waals surface area contributed by atoms with E-state index in [9.17, 15) is 22.4 Å². The van der Waals surface area contributed by atoms with Crippen LogP contribution in [0.3, 0.4) is 0 Å². The van der Waals surface area contributed by atoms with Crippen LogP contribution in [0.2, 0.25) is 0 Å². The Bertz CT molecular complexity index is 892. The molecule has 0 spiro atoms. The number of carbonyl (C=O) groups is 1. The molecule has 27 heavy (non-hydrogen) atoms. The maximum absolute atomic E-state index is 13.6. The number of amides is 2. The Morgan fingerprint density at radius 2 is 2.19 bits per heavy atom. The Morgan fingerprint density at radius 1 is 1.41 bits per heavy atom. The molecule has 1 aromatic heterocycles. The van der Waals surface area contributed by atoms with Gasteiger partial charge in [0.1, 0.15) is 17.2 Å². The van der Waals surface area contributed by atoms with Crippen molar-refractivity contribution in [1.29, 1.82) is 0 Å². The smallest absolute Gasteiger partial charge is 0.396 e. The van der Waals surface area contributed by atoms with E-state index in [0.29, 0.717) is 35.1 Å². The zero-order valence-corrected chi connectivity index (χ0v) is 14.8. The van der Waals surface area contributed by atoms with Crippen LogP contribution >= 0.6 is 0 Å². The summed E-state index contributed by atoms with van der Waals surface area (Å²) >= 11 is 0. The van der Waals surface area contributed by atoms with Crippen molar-refractivity contribution < 1.29 is 26.8 Å². The molecule has 1 saturated heterocycles. The lowest BCUT2D eigenvalue weighted by Gasteiger charge is -2.31. The quantitative estimate of drug-likeness (QED) is 0.760. The number of furan rings is 1. The Hall–Kier alpha value is -2.25. The molecule has 2 fully saturated rings. The van der Waals surface area contributed by atoms with E-state index in [4.69, 9.17) is 4.42 Å². The highest BCUT2D eigenvalue weighted by molar-refractivity contribution is 5.82. The van der Waals surface area contributed by atoms with Gasteiger partial charge in [0.2, 0.25) is 0 Å². The lowest BCUT2D eigenvalue weighted by Crippen LogP contribution is -2.44. The summed E-state index contributed by atoms with van der Waals surface area (Å²) in [5.41, 5.74) is -0.559. The first kappa shape index (κ1) is 18.1. The van der Waals surface area contributed by atoms with Crippen LogP contribution < -0.4 is 5.32 Å². The minimum absolute atomic E-state index is 0.0428. The molecule has 146 valence electrons. The zero-order chi connectivity index (χ0) is 19.4. The average Bonchev–Trinajstić information content (AvgIpc) is 3.24. The molecule has 1 N–H and O–H groups in total. The first-order valence-corrected chi connectivity index (χ1v) is 8.98. The van der Waals surface area contributed by atoms with Gasteiger partial charge in [-0.15, -0.1) is 0 Å². The Kier molecular flexibility index (Phi) is 4.12. The topological polar surface area (TPSA) is 45.5 Å². The molecule has 1 aliphatic heterocycles. The van der Waals surface area contributed by atoms with E-state index in [0.717, 1.165) is 0 Å². The van der Waals surface area contributed by atoms with E-state index in [1.54, 1.807) is 6.92 Å². The second-order valence-corrected chi connectivity index (χ2v) is 7.57. The van der Waals surface area contributed by atoms with E-state index in [1.165, 1.54) is 23.1 Å². The largest absolute Gasteiger partial charge is 0.459 e. The van der Waals surface area contributed by atoms with Gasteiger partial charge in [-0.1, -0.05) is 6.42 Å². The maximum atomic E-state index is 13.6. The Balaban J connectivity index is 1.46. The molecule has 2 aromatic rings. The van der Waals surface area contributed by atoms with Crippen LogP contribution in [-0.4, -0.2) is 30.2 Å². The molecule has 8 heteroatoms. The van der Waals surface area contributed by atoms with Crippen molar-refractivity contribution in [1.82, 2.24) is 10.2 Å². The van der Waals surface area contributed by atoms with E-state index < -0.39 is 23.5 Å². The fourth-order valence-corrected chi connectivity index (χ4v) is 4.59. The van der Waals surface area contributed by atoms with Crippen LogP contribution in [0.5, 0.6) is 0 Å². The number of nitrogens with one attached hydrogen (secondary N) is 1. The van der Waals surface area contributed by atoms with Crippen LogP contribution in [-0.2, 0) is 6.54 Å². The molecule has 1 saturated carbocycles. The van der Waals surface area contributed by atoms with Crippen LogP contribution in [0.1, 0.15) is 30.6 Å². The number of carbonyl (C=O) groups excluding carboxylic acids is 1. The minimum atomic E-state index is -4.30. The molecule has 0 unspecified atom stereocenters. The molecule has 1 aliphatic carbocycles. The number of aryl methyl sites for hydroxylation is 1. The third-order valence-electron chi connectivity index (χ3n) is 6.12. The van der Waals surface area contributed by atoms with Gasteiger partial charge in [0, 0.05) is 24.0 Å². The summed E-state index contributed by atoms with van der Waals surface area (Å²) in [6, 6.07) is 3.62. The number of fused-ring (bicyclic) bond motifs is 2. The number of likely N-dealkylation sites (tertiary alicyclic amines) is 1. The lowest BCUT2D eigenvalue weighted by atomic mass is 9.80. The monoisotopic (exact) mass is 384 g/mol.